The van der Waals surface area contributed by atoms with E-state index in [2.05, 4.69) is 29.4 Å². The summed E-state index contributed by atoms with van der Waals surface area (Å²) in [6.45, 7) is 4.86. The Kier molecular flexibility index (Phi) is 6.28. The maximum Gasteiger partial charge on any atom is 0.318 e. The van der Waals surface area contributed by atoms with E-state index in [0.29, 0.717) is 18.2 Å². The Morgan fingerprint density at radius 1 is 1.20 bits per heavy atom. The van der Waals surface area contributed by atoms with Crippen LogP contribution in [0.2, 0.25) is 5.15 Å². The summed E-state index contributed by atoms with van der Waals surface area (Å²) in [6, 6.07) is 10.1. The lowest BCUT2D eigenvalue weighted by atomic mass is 9.96. The number of nitrogens with one attached hydrogen (secondary N) is 1. The van der Waals surface area contributed by atoms with E-state index >= 15 is 0 Å². The molecule has 4 rings (SSSR count). The van der Waals surface area contributed by atoms with Crippen LogP contribution >= 0.6 is 11.6 Å². The second-order valence-electron chi connectivity index (χ2n) is 8.31. The number of furan rings is 1. The second kappa shape index (κ2) is 9.09. The lowest BCUT2D eigenvalue weighted by Gasteiger charge is -2.28. The highest BCUT2D eigenvalue weighted by Crippen LogP contribution is 2.26. The first-order chi connectivity index (χ1) is 14.5. The van der Waals surface area contributed by atoms with Crippen LogP contribution in [0.15, 0.2) is 41.0 Å². The quantitative estimate of drug-likeness (QED) is 0.499. The average molecular weight is 426 g/mol. The molecule has 2 aromatic heterocycles. The average Bonchev–Trinajstić information content (AvgIpc) is 3.22. The van der Waals surface area contributed by atoms with Gasteiger partial charge in [-0.25, -0.2) is 9.78 Å². The van der Waals surface area contributed by atoms with Crippen LogP contribution in [0.1, 0.15) is 54.6 Å². The molecule has 1 aromatic carbocycles. The highest BCUT2D eigenvalue weighted by molar-refractivity contribution is 6.30. The van der Waals surface area contributed by atoms with E-state index in [4.69, 9.17) is 16.0 Å². The first-order valence-corrected chi connectivity index (χ1v) is 11.0. The number of rotatable bonds is 5. The number of amides is 2. The fourth-order valence-electron chi connectivity index (χ4n) is 4.29. The lowest BCUT2D eigenvalue weighted by molar-refractivity contribution is 0.180. The molecule has 1 saturated carbocycles. The van der Waals surface area contributed by atoms with Gasteiger partial charge in [0.25, 0.3) is 0 Å². The van der Waals surface area contributed by atoms with Crippen LogP contribution in [0.5, 0.6) is 0 Å². The SMILES string of the molecule is Cc1cc(C)c2nc(Cl)c(CN(Cc3ccco3)C(=O)NC3CCCCC3)cc2c1. The van der Waals surface area contributed by atoms with Gasteiger partial charge < -0.3 is 14.6 Å². The minimum Gasteiger partial charge on any atom is -0.467 e. The number of benzene rings is 1. The fraction of sp³-hybridized carbons (Fsp3) is 0.417. The molecule has 0 saturated heterocycles. The molecule has 2 amide bonds. The van der Waals surface area contributed by atoms with Crippen molar-refractivity contribution in [3.63, 3.8) is 0 Å². The van der Waals surface area contributed by atoms with Crippen LogP contribution in [0.25, 0.3) is 10.9 Å². The van der Waals surface area contributed by atoms with Crippen LogP contribution in [0.3, 0.4) is 0 Å². The van der Waals surface area contributed by atoms with E-state index in [9.17, 15) is 4.79 Å². The molecular weight excluding hydrogens is 398 g/mol. The molecule has 1 N–H and O–H groups in total. The fourth-order valence-corrected chi connectivity index (χ4v) is 4.49. The predicted octanol–water partition coefficient (Wildman–Crippen LogP) is 6.14. The zero-order valence-electron chi connectivity index (χ0n) is 17.6. The highest BCUT2D eigenvalue weighted by atomic mass is 35.5. The molecule has 2 heterocycles. The largest absolute Gasteiger partial charge is 0.467 e. The van der Waals surface area contributed by atoms with Gasteiger partial charge in [-0.2, -0.15) is 0 Å². The number of carbonyl (C=O) groups is 1. The number of pyridine rings is 1. The number of halogens is 1. The summed E-state index contributed by atoms with van der Waals surface area (Å²) >= 11 is 6.54. The number of nitrogens with zero attached hydrogens (tertiary/aromatic N) is 2. The summed E-state index contributed by atoms with van der Waals surface area (Å²) < 4.78 is 5.50. The number of hydrogen-bond donors (Lipinski definition) is 1. The van der Waals surface area contributed by atoms with E-state index < -0.39 is 0 Å². The molecule has 1 fully saturated rings. The van der Waals surface area contributed by atoms with Crippen LogP contribution < -0.4 is 5.32 Å². The van der Waals surface area contributed by atoms with Crippen LogP contribution in [0.4, 0.5) is 4.79 Å². The summed E-state index contributed by atoms with van der Waals surface area (Å²) in [4.78, 5) is 19.5. The van der Waals surface area contributed by atoms with E-state index in [-0.39, 0.29) is 12.1 Å². The number of hydrogen-bond acceptors (Lipinski definition) is 3. The monoisotopic (exact) mass is 425 g/mol. The number of aromatic nitrogens is 1. The number of fused-ring (bicyclic) bond motifs is 1. The van der Waals surface area contributed by atoms with Crippen molar-refractivity contribution in [3.8, 4) is 0 Å². The molecule has 158 valence electrons. The molecule has 0 radical (unpaired) electrons. The number of carbonyl (C=O) groups excluding carboxylic acids is 1. The molecule has 0 aliphatic heterocycles. The molecule has 1 aliphatic carbocycles. The van der Waals surface area contributed by atoms with Gasteiger partial charge in [-0.1, -0.05) is 42.5 Å². The Labute approximate surface area is 182 Å². The third kappa shape index (κ3) is 4.78. The molecule has 3 aromatic rings. The van der Waals surface area contributed by atoms with Crippen LogP contribution in [-0.2, 0) is 13.1 Å². The van der Waals surface area contributed by atoms with E-state index in [1.165, 1.54) is 24.8 Å². The third-order valence-corrected chi connectivity index (χ3v) is 6.11. The van der Waals surface area contributed by atoms with E-state index in [0.717, 1.165) is 40.6 Å². The summed E-state index contributed by atoms with van der Waals surface area (Å²) in [5.74, 6) is 0.741. The molecule has 0 spiro atoms. The summed E-state index contributed by atoms with van der Waals surface area (Å²) in [7, 11) is 0. The van der Waals surface area contributed by atoms with Gasteiger partial charge in [-0.3, -0.25) is 0 Å². The molecule has 5 nitrogen and oxygen atoms in total. The number of urea groups is 1. The van der Waals surface area contributed by atoms with Crippen molar-refractivity contribution in [2.24, 2.45) is 0 Å². The van der Waals surface area contributed by atoms with Crippen molar-refractivity contribution < 1.29 is 9.21 Å². The molecule has 30 heavy (non-hydrogen) atoms. The normalized spacial score (nSPS) is 14.8. The van der Waals surface area contributed by atoms with Gasteiger partial charge in [0.2, 0.25) is 0 Å². The van der Waals surface area contributed by atoms with Crippen molar-refractivity contribution in [3.05, 3.63) is 64.2 Å². The molecule has 6 heteroatoms. The van der Waals surface area contributed by atoms with Crippen molar-refractivity contribution in [2.45, 2.75) is 65.1 Å². The Hall–Kier alpha value is -2.53. The Morgan fingerprint density at radius 3 is 2.73 bits per heavy atom. The number of aryl methyl sites for hydroxylation is 2. The van der Waals surface area contributed by atoms with Crippen molar-refractivity contribution >= 4 is 28.5 Å². The van der Waals surface area contributed by atoms with Crippen molar-refractivity contribution in [1.29, 1.82) is 0 Å². The van der Waals surface area contributed by atoms with E-state index in [1.54, 1.807) is 11.2 Å². The lowest BCUT2D eigenvalue weighted by Crippen LogP contribution is -2.44. The smallest absolute Gasteiger partial charge is 0.318 e. The zero-order valence-corrected chi connectivity index (χ0v) is 18.3. The molecular formula is C24H28ClN3O2. The van der Waals surface area contributed by atoms with Gasteiger partial charge in [0, 0.05) is 17.0 Å². The molecule has 1 aliphatic rings. The van der Waals surface area contributed by atoms with Gasteiger partial charge in [0.05, 0.1) is 24.9 Å². The first kappa shape index (κ1) is 20.7. The Morgan fingerprint density at radius 2 is 2.00 bits per heavy atom. The van der Waals surface area contributed by atoms with Crippen molar-refractivity contribution in [1.82, 2.24) is 15.2 Å². The van der Waals surface area contributed by atoms with Crippen molar-refractivity contribution in [2.75, 3.05) is 0 Å². The molecule has 0 atom stereocenters. The third-order valence-electron chi connectivity index (χ3n) is 5.79. The van der Waals surface area contributed by atoms with E-state index in [1.807, 2.05) is 25.1 Å². The zero-order chi connectivity index (χ0) is 21.1. The minimum atomic E-state index is -0.0881. The van der Waals surface area contributed by atoms with Gasteiger partial charge in [0.1, 0.15) is 10.9 Å². The van der Waals surface area contributed by atoms with Crippen LogP contribution in [-0.4, -0.2) is 22.0 Å². The molecule has 0 bridgehead atoms. The predicted molar refractivity (Wildman–Crippen MR) is 120 cm³/mol. The molecule has 0 unspecified atom stereocenters. The summed E-state index contributed by atoms with van der Waals surface area (Å²) in [6.07, 6.45) is 7.29. The van der Waals surface area contributed by atoms with Gasteiger partial charge in [0.15, 0.2) is 0 Å². The maximum absolute atomic E-state index is 13.1. The summed E-state index contributed by atoms with van der Waals surface area (Å²) in [5, 5.41) is 4.68. The van der Waals surface area contributed by atoms with Gasteiger partial charge >= 0.3 is 6.03 Å². The van der Waals surface area contributed by atoms with Gasteiger partial charge in [-0.05, 0) is 56.5 Å². The minimum absolute atomic E-state index is 0.0881. The maximum atomic E-state index is 13.1. The first-order valence-electron chi connectivity index (χ1n) is 10.6. The topological polar surface area (TPSA) is 58.4 Å². The van der Waals surface area contributed by atoms with Gasteiger partial charge in [-0.15, -0.1) is 0 Å². The second-order valence-corrected chi connectivity index (χ2v) is 8.67. The summed E-state index contributed by atoms with van der Waals surface area (Å²) in [5.41, 5.74) is 4.01. The highest BCUT2D eigenvalue weighted by Gasteiger charge is 2.22. The standard InChI is InChI=1S/C24H28ClN3O2/c1-16-11-17(2)22-18(12-16)13-19(23(25)27-22)14-28(15-21-9-6-10-30-21)24(29)26-20-7-4-3-5-8-20/h6,9-13,20H,3-5,7-8,14-15H2,1-2H3,(H,26,29). The Bertz CT molecular complexity index is 1030. The Balaban J connectivity index is 1.60. The van der Waals surface area contributed by atoms with Crippen LogP contribution in [0, 0.1) is 13.8 Å².